The molecular formula is C30H23BrCl2N2O4S. The predicted octanol–water partition coefficient (Wildman–Crippen LogP) is 7.63. The van der Waals surface area contributed by atoms with Crippen LogP contribution >= 0.6 is 39.1 Å². The van der Waals surface area contributed by atoms with E-state index in [1.54, 1.807) is 97.1 Å². The number of nitrogens with one attached hydrogen (secondary N) is 1. The van der Waals surface area contributed by atoms with Gasteiger partial charge in [0.2, 0.25) is 10.0 Å². The number of aliphatic hydroxyl groups is 1. The lowest BCUT2D eigenvalue weighted by Crippen LogP contribution is -2.40. The maximum Gasteiger partial charge on any atom is 0.259 e. The molecule has 4 aromatic rings. The molecule has 0 saturated heterocycles. The highest BCUT2D eigenvalue weighted by atomic mass is 79.9. The number of amides is 1. The number of hydrogen-bond acceptors (Lipinski definition) is 4. The summed E-state index contributed by atoms with van der Waals surface area (Å²) in [6.45, 7) is -0.0211. The summed E-state index contributed by atoms with van der Waals surface area (Å²) in [5, 5.41) is 14.1. The van der Waals surface area contributed by atoms with Crippen molar-refractivity contribution < 1.29 is 18.3 Å². The fourth-order valence-corrected chi connectivity index (χ4v) is 6.95. The maximum absolute atomic E-state index is 14.4. The lowest BCUT2D eigenvalue weighted by Gasteiger charge is -2.28. The third-order valence-electron chi connectivity index (χ3n) is 6.57. The van der Waals surface area contributed by atoms with Gasteiger partial charge in [0.1, 0.15) is 11.0 Å². The molecule has 1 aliphatic heterocycles. The molecule has 1 heterocycles. The first-order valence-corrected chi connectivity index (χ1v) is 15.3. The van der Waals surface area contributed by atoms with Gasteiger partial charge in [-0.3, -0.25) is 9.10 Å². The highest BCUT2D eigenvalue weighted by Crippen LogP contribution is 2.40. The van der Waals surface area contributed by atoms with Crippen molar-refractivity contribution in [2.45, 2.75) is 18.2 Å². The van der Waals surface area contributed by atoms with Crippen LogP contribution in [0.15, 0.2) is 107 Å². The van der Waals surface area contributed by atoms with Crippen LogP contribution in [-0.4, -0.2) is 24.7 Å². The molecule has 1 atom stereocenters. The second-order valence-corrected chi connectivity index (χ2v) is 13.1. The number of fused-ring (bicyclic) bond motifs is 1. The Morgan fingerprint density at radius 1 is 0.850 bits per heavy atom. The Morgan fingerprint density at radius 3 is 2.08 bits per heavy atom. The zero-order valence-corrected chi connectivity index (χ0v) is 24.8. The number of halogens is 3. The average Bonchev–Trinajstić information content (AvgIpc) is 2.99. The van der Waals surface area contributed by atoms with E-state index in [1.807, 2.05) is 0 Å². The topological polar surface area (TPSA) is 86.7 Å². The summed E-state index contributed by atoms with van der Waals surface area (Å²) >= 11 is 15.5. The average molecular weight is 658 g/mol. The Hall–Kier alpha value is -3.30. The SMILES string of the molecule is O=C(Nc1ccc(Cl)cc1)C1=C(O)C(Cc2ccc(Br)cc2)S(=O)(=O)N(Cc2ccc(Cl)cc2)c2ccccc21. The number of carbonyl (C=O) groups excluding carboxylic acids is 1. The van der Waals surface area contributed by atoms with Gasteiger partial charge in [-0.15, -0.1) is 0 Å². The highest BCUT2D eigenvalue weighted by Gasteiger charge is 2.42. The molecule has 6 nitrogen and oxygen atoms in total. The molecule has 0 aliphatic carbocycles. The summed E-state index contributed by atoms with van der Waals surface area (Å²) < 4.78 is 30.8. The van der Waals surface area contributed by atoms with E-state index in [0.717, 1.165) is 4.47 Å². The van der Waals surface area contributed by atoms with Crippen molar-refractivity contribution in [1.29, 1.82) is 0 Å². The van der Waals surface area contributed by atoms with Crippen LogP contribution in [0.25, 0.3) is 5.57 Å². The second-order valence-electron chi connectivity index (χ2n) is 9.24. The zero-order valence-electron chi connectivity index (χ0n) is 20.9. The Morgan fingerprint density at radius 2 is 1.43 bits per heavy atom. The minimum absolute atomic E-state index is 0.0211. The van der Waals surface area contributed by atoms with Crippen molar-refractivity contribution in [2.75, 3.05) is 9.62 Å². The number of carbonyl (C=O) groups is 1. The third-order valence-corrected chi connectivity index (χ3v) is 9.65. The summed E-state index contributed by atoms with van der Waals surface area (Å²) in [5.74, 6) is -1.17. The maximum atomic E-state index is 14.4. The second kappa shape index (κ2) is 11.7. The molecule has 0 spiro atoms. The Balaban J connectivity index is 1.67. The molecular weight excluding hydrogens is 635 g/mol. The molecule has 0 bridgehead atoms. The number of para-hydroxylation sites is 1. The molecule has 1 unspecified atom stereocenters. The Labute approximate surface area is 251 Å². The quantitative estimate of drug-likeness (QED) is 0.223. The number of benzene rings is 4. The van der Waals surface area contributed by atoms with Crippen LogP contribution in [0.3, 0.4) is 0 Å². The van der Waals surface area contributed by atoms with Crippen LogP contribution in [-0.2, 0) is 27.8 Å². The largest absolute Gasteiger partial charge is 0.510 e. The lowest BCUT2D eigenvalue weighted by molar-refractivity contribution is -0.111. The molecule has 5 rings (SSSR count). The monoisotopic (exact) mass is 656 g/mol. The van der Waals surface area contributed by atoms with Crippen LogP contribution in [0, 0.1) is 0 Å². The fraction of sp³-hybridized carbons (Fsp3) is 0.100. The highest BCUT2D eigenvalue weighted by molar-refractivity contribution is 9.10. The molecule has 1 aliphatic rings. The molecule has 0 radical (unpaired) electrons. The number of rotatable bonds is 6. The molecule has 0 aromatic heterocycles. The smallest absolute Gasteiger partial charge is 0.259 e. The molecule has 0 fully saturated rings. The van der Waals surface area contributed by atoms with Gasteiger partial charge < -0.3 is 10.4 Å². The van der Waals surface area contributed by atoms with Crippen LogP contribution in [0.5, 0.6) is 0 Å². The first-order chi connectivity index (χ1) is 19.1. The summed E-state index contributed by atoms with van der Waals surface area (Å²) in [5.41, 5.74) is 2.28. The van der Waals surface area contributed by atoms with Crippen molar-refractivity contribution in [2.24, 2.45) is 0 Å². The lowest BCUT2D eigenvalue weighted by atomic mass is 9.98. The number of sulfonamides is 1. The van der Waals surface area contributed by atoms with Crippen molar-refractivity contribution >= 4 is 72.0 Å². The standard InChI is InChI=1S/C30H23BrCl2N2O4S/c31-21-9-5-19(6-10-21)17-27-29(36)28(30(37)34-24-15-13-23(33)14-16-24)25-3-1-2-4-26(25)35(40(27,38)39)18-20-7-11-22(32)12-8-20/h1-16,27,36H,17-18H2,(H,34,37). The van der Waals surface area contributed by atoms with E-state index in [1.165, 1.54) is 4.31 Å². The first-order valence-electron chi connectivity index (χ1n) is 12.2. The van der Waals surface area contributed by atoms with E-state index in [-0.39, 0.29) is 24.2 Å². The van der Waals surface area contributed by atoms with E-state index in [0.29, 0.717) is 32.4 Å². The van der Waals surface area contributed by atoms with E-state index in [4.69, 9.17) is 23.2 Å². The van der Waals surface area contributed by atoms with Crippen LogP contribution in [0.2, 0.25) is 10.0 Å². The van der Waals surface area contributed by atoms with Crippen molar-refractivity contribution in [3.63, 3.8) is 0 Å². The van der Waals surface area contributed by atoms with Gasteiger partial charge in [0.25, 0.3) is 5.91 Å². The molecule has 1 amide bonds. The van der Waals surface area contributed by atoms with E-state index in [2.05, 4.69) is 21.2 Å². The predicted molar refractivity (Wildman–Crippen MR) is 164 cm³/mol. The molecule has 204 valence electrons. The molecule has 0 saturated carbocycles. The zero-order chi connectivity index (χ0) is 28.4. The van der Waals surface area contributed by atoms with Gasteiger partial charge in [0, 0.05) is 25.8 Å². The molecule has 2 N–H and O–H groups in total. The first kappa shape index (κ1) is 28.2. The number of aliphatic hydroxyl groups excluding tert-OH is 1. The number of nitrogens with zero attached hydrogens (tertiary/aromatic N) is 1. The van der Waals surface area contributed by atoms with Gasteiger partial charge in [0.05, 0.1) is 17.8 Å². The van der Waals surface area contributed by atoms with Gasteiger partial charge >= 0.3 is 0 Å². The summed E-state index contributed by atoms with van der Waals surface area (Å²) in [6, 6.07) is 27.2. The molecule has 4 aromatic carbocycles. The van der Waals surface area contributed by atoms with Gasteiger partial charge in [-0.1, -0.05) is 81.6 Å². The minimum Gasteiger partial charge on any atom is -0.510 e. The van der Waals surface area contributed by atoms with Crippen LogP contribution < -0.4 is 9.62 Å². The van der Waals surface area contributed by atoms with Gasteiger partial charge in [-0.2, -0.15) is 0 Å². The van der Waals surface area contributed by atoms with Gasteiger partial charge in [-0.25, -0.2) is 8.42 Å². The van der Waals surface area contributed by atoms with Crippen LogP contribution in [0.1, 0.15) is 16.7 Å². The van der Waals surface area contributed by atoms with Gasteiger partial charge in [0.15, 0.2) is 0 Å². The fourth-order valence-electron chi connectivity index (χ4n) is 4.57. The van der Waals surface area contributed by atoms with E-state index >= 15 is 0 Å². The summed E-state index contributed by atoms with van der Waals surface area (Å²) in [7, 11) is -4.24. The van der Waals surface area contributed by atoms with Crippen LogP contribution in [0.4, 0.5) is 11.4 Å². The number of anilines is 2. The molecule has 10 heteroatoms. The van der Waals surface area contributed by atoms with Crippen molar-refractivity contribution in [1.82, 2.24) is 0 Å². The molecule has 40 heavy (non-hydrogen) atoms. The summed E-state index contributed by atoms with van der Waals surface area (Å²) in [6.07, 6.45) is -0.0513. The van der Waals surface area contributed by atoms with Crippen molar-refractivity contribution in [3.05, 3.63) is 134 Å². The summed E-state index contributed by atoms with van der Waals surface area (Å²) in [4.78, 5) is 13.7. The third kappa shape index (κ3) is 5.90. The van der Waals surface area contributed by atoms with Crippen molar-refractivity contribution in [3.8, 4) is 0 Å². The Kier molecular flexibility index (Phi) is 8.24. The van der Waals surface area contributed by atoms with E-state index < -0.39 is 26.9 Å². The minimum atomic E-state index is -4.24. The Bertz CT molecular complexity index is 1690. The van der Waals surface area contributed by atoms with Gasteiger partial charge in [-0.05, 0) is 72.1 Å². The number of hydrogen-bond donors (Lipinski definition) is 2. The van der Waals surface area contributed by atoms with E-state index in [9.17, 15) is 18.3 Å². The normalized spacial score (nSPS) is 16.3.